The number of hydrogen-bond donors (Lipinski definition) is 0. The van der Waals surface area contributed by atoms with E-state index in [1.54, 1.807) is 7.11 Å². The highest BCUT2D eigenvalue weighted by atomic mass is 16.6. The minimum Gasteiger partial charge on any atom is -0.489 e. The summed E-state index contributed by atoms with van der Waals surface area (Å²) in [6.45, 7) is 8.33. The van der Waals surface area contributed by atoms with Gasteiger partial charge in [0.05, 0.1) is 57.3 Å². The average molecular weight is 590 g/mol. The first-order valence-electron chi connectivity index (χ1n) is 15.0. The molecule has 2 aromatic rings. The standard InChI is InChI=1S/C34H43N3O6/c1-5-35-26-7-9-28-31(23-26)43-32-24-27(36(2)3)8-10-29(32)34(28)25-6-11-30-33(22-25)42-21-20-41-19-18-40-17-16-39-15-13-37(30)12-14-38-4/h6-11,22-24H,5,12-21H2,1-4H3/b35-26+. The zero-order chi connectivity index (χ0) is 30.0. The highest BCUT2D eigenvalue weighted by molar-refractivity contribution is 6.03. The van der Waals surface area contributed by atoms with Crippen LogP contribution < -0.4 is 19.9 Å². The lowest BCUT2D eigenvalue weighted by molar-refractivity contribution is 0.0110. The molecule has 0 bridgehead atoms. The smallest absolute Gasteiger partial charge is 0.143 e. The second-order valence-corrected chi connectivity index (χ2v) is 10.6. The van der Waals surface area contributed by atoms with Gasteiger partial charge in [-0.15, -0.1) is 0 Å². The monoisotopic (exact) mass is 589 g/mol. The second kappa shape index (κ2) is 15.2. The number of fused-ring (bicyclic) bond motifs is 3. The van der Waals surface area contributed by atoms with Crippen LogP contribution in [-0.2, 0) is 18.9 Å². The van der Waals surface area contributed by atoms with Gasteiger partial charge in [0, 0.05) is 75.2 Å². The van der Waals surface area contributed by atoms with Gasteiger partial charge in [0.1, 0.15) is 23.7 Å². The lowest BCUT2D eigenvalue weighted by atomic mass is 9.93. The van der Waals surface area contributed by atoms with E-state index in [0.717, 1.165) is 55.9 Å². The molecule has 5 rings (SSSR count). The first-order valence-corrected chi connectivity index (χ1v) is 15.0. The molecule has 2 aliphatic heterocycles. The number of benzene rings is 3. The van der Waals surface area contributed by atoms with Gasteiger partial charge in [-0.3, -0.25) is 4.99 Å². The van der Waals surface area contributed by atoms with Crippen molar-refractivity contribution >= 4 is 22.3 Å². The van der Waals surface area contributed by atoms with Crippen LogP contribution in [-0.4, -0.2) is 93.7 Å². The number of nitrogens with zero attached hydrogens (tertiary/aromatic N) is 3. The summed E-state index contributed by atoms with van der Waals surface area (Å²) in [5.41, 5.74) is 6.02. The van der Waals surface area contributed by atoms with Crippen molar-refractivity contribution in [2.24, 2.45) is 4.99 Å². The van der Waals surface area contributed by atoms with Crippen LogP contribution >= 0.6 is 0 Å². The third-order valence-electron chi connectivity index (χ3n) is 7.44. The normalized spacial score (nSPS) is 16.0. The van der Waals surface area contributed by atoms with Crippen molar-refractivity contribution in [3.8, 4) is 28.2 Å². The topological polar surface area (TPSA) is 78.1 Å². The zero-order valence-corrected chi connectivity index (χ0v) is 25.8. The Morgan fingerprint density at radius 1 is 0.860 bits per heavy atom. The van der Waals surface area contributed by atoms with E-state index >= 15 is 0 Å². The molecule has 0 spiro atoms. The van der Waals surface area contributed by atoms with Gasteiger partial charge in [0.15, 0.2) is 0 Å². The second-order valence-electron chi connectivity index (χ2n) is 10.6. The van der Waals surface area contributed by atoms with Crippen molar-refractivity contribution in [1.29, 1.82) is 0 Å². The molecule has 230 valence electrons. The Hall–Kier alpha value is -3.63. The zero-order valence-electron chi connectivity index (χ0n) is 25.8. The van der Waals surface area contributed by atoms with Gasteiger partial charge in [0.2, 0.25) is 0 Å². The summed E-state index contributed by atoms with van der Waals surface area (Å²) >= 11 is 0. The molecule has 2 aromatic carbocycles. The molecule has 43 heavy (non-hydrogen) atoms. The summed E-state index contributed by atoms with van der Waals surface area (Å²) in [6.07, 6.45) is 0. The van der Waals surface area contributed by atoms with Crippen LogP contribution in [0.25, 0.3) is 33.4 Å². The molecule has 1 aliphatic carbocycles. The number of anilines is 2. The van der Waals surface area contributed by atoms with Crippen molar-refractivity contribution in [2.45, 2.75) is 6.92 Å². The fourth-order valence-electron chi connectivity index (χ4n) is 5.27. The molecular formula is C34H43N3O6. The first kappa shape index (κ1) is 30.8. The van der Waals surface area contributed by atoms with E-state index in [-0.39, 0.29) is 0 Å². The van der Waals surface area contributed by atoms with Gasteiger partial charge in [0.25, 0.3) is 0 Å². The van der Waals surface area contributed by atoms with E-state index in [0.29, 0.717) is 72.5 Å². The summed E-state index contributed by atoms with van der Waals surface area (Å²) < 4.78 is 35.6. The molecule has 3 aliphatic rings. The van der Waals surface area contributed by atoms with E-state index in [2.05, 4.69) is 63.3 Å². The van der Waals surface area contributed by atoms with Gasteiger partial charge in [-0.05, 0) is 48.9 Å². The molecule has 0 N–H and O–H groups in total. The van der Waals surface area contributed by atoms with Gasteiger partial charge in [-0.25, -0.2) is 0 Å². The summed E-state index contributed by atoms with van der Waals surface area (Å²) in [6, 6.07) is 19.0. The maximum atomic E-state index is 6.50. The van der Waals surface area contributed by atoms with Gasteiger partial charge in [-0.2, -0.15) is 0 Å². The predicted molar refractivity (Wildman–Crippen MR) is 171 cm³/mol. The Labute approximate surface area is 253 Å². The molecule has 9 heteroatoms. The SMILES string of the molecule is CC/N=c1\ccc2c(-c3ccc4c(c3)OCCOCCOCCOCCN4CCOC)c3ccc(N(C)C)cc3oc-2c1. The third-order valence-corrected chi connectivity index (χ3v) is 7.44. The van der Waals surface area contributed by atoms with Crippen molar-refractivity contribution in [3.63, 3.8) is 0 Å². The maximum Gasteiger partial charge on any atom is 0.143 e. The predicted octanol–water partition coefficient (Wildman–Crippen LogP) is 5.09. The molecule has 0 saturated heterocycles. The molecule has 0 amide bonds. The van der Waals surface area contributed by atoms with E-state index in [9.17, 15) is 0 Å². The van der Waals surface area contributed by atoms with Crippen LogP contribution in [0.1, 0.15) is 6.92 Å². The molecule has 9 nitrogen and oxygen atoms in total. The van der Waals surface area contributed by atoms with E-state index in [1.807, 2.05) is 27.1 Å². The Bertz CT molecular complexity index is 1520. The van der Waals surface area contributed by atoms with Gasteiger partial charge >= 0.3 is 0 Å². The fourth-order valence-corrected chi connectivity index (χ4v) is 5.27. The van der Waals surface area contributed by atoms with E-state index in [4.69, 9.17) is 28.1 Å². The summed E-state index contributed by atoms with van der Waals surface area (Å²) in [5, 5.41) is 1.93. The van der Waals surface area contributed by atoms with Gasteiger partial charge < -0.3 is 37.9 Å². The fraction of sp³-hybridized carbons (Fsp3) is 0.441. The van der Waals surface area contributed by atoms with E-state index < -0.39 is 0 Å². The molecule has 0 atom stereocenters. The molecule has 2 heterocycles. The molecule has 0 saturated carbocycles. The maximum absolute atomic E-state index is 6.50. The minimum absolute atomic E-state index is 0.421. The summed E-state index contributed by atoms with van der Waals surface area (Å²) in [7, 11) is 5.79. The number of rotatable bonds is 6. The van der Waals surface area contributed by atoms with Crippen LogP contribution in [0.2, 0.25) is 0 Å². The van der Waals surface area contributed by atoms with Crippen LogP contribution in [0.15, 0.2) is 64.0 Å². The molecule has 0 fully saturated rings. The minimum atomic E-state index is 0.421. The lowest BCUT2D eigenvalue weighted by Crippen LogP contribution is -2.31. The van der Waals surface area contributed by atoms with Crippen LogP contribution in [0.4, 0.5) is 11.4 Å². The highest BCUT2D eigenvalue weighted by Gasteiger charge is 2.21. The van der Waals surface area contributed by atoms with Crippen LogP contribution in [0, 0.1) is 0 Å². The largest absolute Gasteiger partial charge is 0.489 e. The Kier molecular flexibility index (Phi) is 10.9. The number of methoxy groups -OCH3 is 1. The Balaban J connectivity index is 1.64. The number of ether oxygens (including phenoxy) is 5. The molecule has 0 radical (unpaired) electrons. The van der Waals surface area contributed by atoms with Crippen LogP contribution in [0.5, 0.6) is 5.75 Å². The van der Waals surface area contributed by atoms with Crippen molar-refractivity contribution in [2.75, 3.05) is 103 Å². The Morgan fingerprint density at radius 2 is 1.63 bits per heavy atom. The Morgan fingerprint density at radius 3 is 2.37 bits per heavy atom. The molecule has 0 aromatic heterocycles. The first-order chi connectivity index (χ1) is 21.1. The molecule has 0 unspecified atom stereocenters. The summed E-state index contributed by atoms with van der Waals surface area (Å²) in [4.78, 5) is 8.94. The summed E-state index contributed by atoms with van der Waals surface area (Å²) in [5.74, 6) is 1.58. The van der Waals surface area contributed by atoms with Crippen molar-refractivity contribution in [1.82, 2.24) is 0 Å². The van der Waals surface area contributed by atoms with E-state index in [1.165, 1.54) is 0 Å². The third kappa shape index (κ3) is 7.67. The van der Waals surface area contributed by atoms with Crippen molar-refractivity contribution in [3.05, 3.63) is 60.0 Å². The lowest BCUT2D eigenvalue weighted by Gasteiger charge is -2.27. The van der Waals surface area contributed by atoms with Crippen LogP contribution in [0.3, 0.4) is 0 Å². The van der Waals surface area contributed by atoms with Gasteiger partial charge in [-0.1, -0.05) is 6.07 Å². The quantitative estimate of drug-likeness (QED) is 0.288. The average Bonchev–Trinajstić information content (AvgIpc) is 3.02. The number of hydrogen-bond acceptors (Lipinski definition) is 9. The molecular weight excluding hydrogens is 546 g/mol. The van der Waals surface area contributed by atoms with Crippen molar-refractivity contribution < 1.29 is 28.1 Å². The highest BCUT2D eigenvalue weighted by Crippen LogP contribution is 2.43.